The first-order chi connectivity index (χ1) is 13.8. The molecular weight excluding hydrogens is 346 g/mol. The van der Waals surface area contributed by atoms with Gasteiger partial charge < -0.3 is 5.73 Å². The summed E-state index contributed by atoms with van der Waals surface area (Å²) in [6, 6.07) is 27.1. The second-order valence-electron chi connectivity index (χ2n) is 7.04. The van der Waals surface area contributed by atoms with E-state index in [2.05, 4.69) is 54.6 Å². The van der Waals surface area contributed by atoms with Crippen molar-refractivity contribution in [3.8, 4) is 0 Å². The molecule has 0 radical (unpaired) electrons. The van der Waals surface area contributed by atoms with Gasteiger partial charge in [0.05, 0.1) is 18.8 Å². The van der Waals surface area contributed by atoms with Crippen molar-refractivity contribution in [3.05, 3.63) is 90.0 Å². The zero-order chi connectivity index (χ0) is 19.1. The van der Waals surface area contributed by atoms with Crippen LogP contribution in [0.1, 0.15) is 17.2 Å². The van der Waals surface area contributed by atoms with E-state index in [4.69, 9.17) is 15.6 Å². The minimum atomic E-state index is -0.00581. The molecule has 0 spiro atoms. The van der Waals surface area contributed by atoms with E-state index in [1.165, 1.54) is 21.9 Å². The molecule has 5 rings (SSSR count). The van der Waals surface area contributed by atoms with E-state index in [-0.39, 0.29) is 6.04 Å². The molecule has 0 bridgehead atoms. The highest BCUT2D eigenvalue weighted by atomic mass is 16.7. The minimum Gasteiger partial charge on any atom is -0.368 e. The molecule has 1 aliphatic carbocycles. The summed E-state index contributed by atoms with van der Waals surface area (Å²) in [6.07, 6.45) is 0.852. The van der Waals surface area contributed by atoms with Crippen LogP contribution in [-0.2, 0) is 11.3 Å². The summed E-state index contributed by atoms with van der Waals surface area (Å²) in [5.74, 6) is 0.355. The third-order valence-corrected chi connectivity index (χ3v) is 5.46. The molecule has 4 aromatic rings. The molecule has 0 saturated heterocycles. The average molecular weight is 367 g/mol. The molecule has 0 fully saturated rings. The molecule has 0 aromatic heterocycles. The Bertz CT molecular complexity index is 1200. The summed E-state index contributed by atoms with van der Waals surface area (Å²) in [5, 5.41) is 6.38. The van der Waals surface area contributed by atoms with Crippen molar-refractivity contribution in [1.29, 1.82) is 0 Å². The number of hydrogen-bond acceptors (Lipinski definition) is 2. The van der Waals surface area contributed by atoms with Crippen molar-refractivity contribution < 1.29 is 4.84 Å². The molecule has 1 aliphatic rings. The lowest BCUT2D eigenvalue weighted by Crippen LogP contribution is -2.37. The van der Waals surface area contributed by atoms with Crippen molar-refractivity contribution >= 4 is 33.2 Å². The number of guanidine groups is 1. The smallest absolute Gasteiger partial charge is 0.221 e. The third kappa shape index (κ3) is 2.62. The monoisotopic (exact) mass is 367 g/mol. The lowest BCUT2D eigenvalue weighted by atomic mass is 10.0. The van der Waals surface area contributed by atoms with E-state index < -0.39 is 0 Å². The largest absolute Gasteiger partial charge is 0.368 e. The number of hydrogen-bond donors (Lipinski definition) is 1. The second kappa shape index (κ2) is 6.66. The van der Waals surface area contributed by atoms with Gasteiger partial charge in [-0.2, -0.15) is 5.06 Å². The van der Waals surface area contributed by atoms with Crippen molar-refractivity contribution in [3.63, 3.8) is 0 Å². The van der Waals surface area contributed by atoms with E-state index in [0.717, 1.165) is 22.9 Å². The molecule has 1 unspecified atom stereocenters. The Kier molecular flexibility index (Phi) is 3.99. The van der Waals surface area contributed by atoms with E-state index in [1.807, 2.05) is 24.3 Å². The van der Waals surface area contributed by atoms with Crippen LogP contribution in [-0.4, -0.2) is 13.1 Å². The van der Waals surface area contributed by atoms with Gasteiger partial charge in [-0.15, -0.1) is 0 Å². The van der Waals surface area contributed by atoms with Gasteiger partial charge in [0.2, 0.25) is 5.96 Å². The molecule has 1 atom stereocenters. The maximum absolute atomic E-state index is 6.44. The van der Waals surface area contributed by atoms with Crippen molar-refractivity contribution in [2.75, 3.05) is 12.2 Å². The topological polar surface area (TPSA) is 50.9 Å². The molecule has 2 N–H and O–H groups in total. The number of nitrogens with zero attached hydrogens (tertiary/aromatic N) is 2. The predicted octanol–water partition coefficient (Wildman–Crippen LogP) is 4.97. The maximum atomic E-state index is 6.44. The highest BCUT2D eigenvalue weighted by Crippen LogP contribution is 2.39. The first-order valence-electron chi connectivity index (χ1n) is 9.42. The second-order valence-corrected chi connectivity index (χ2v) is 7.04. The highest BCUT2D eigenvalue weighted by Gasteiger charge is 2.25. The van der Waals surface area contributed by atoms with Gasteiger partial charge >= 0.3 is 0 Å². The lowest BCUT2D eigenvalue weighted by Gasteiger charge is -2.23. The van der Waals surface area contributed by atoms with Crippen LogP contribution in [0, 0.1) is 0 Å². The standard InChI is InChI=1S/C24H21N3O/c1-28-27(22-14-6-8-16-7-2-3-12-19(16)22)24(25)26-21-15-18-11-4-9-17-10-5-13-20(21)23(17)18/h2-14,21H,15H2,1H3,(H2,25,26). The Labute approximate surface area is 163 Å². The van der Waals surface area contributed by atoms with Crippen LogP contribution in [0.5, 0.6) is 0 Å². The summed E-state index contributed by atoms with van der Waals surface area (Å²) in [7, 11) is 1.62. The van der Waals surface area contributed by atoms with Crippen molar-refractivity contribution in [2.24, 2.45) is 10.7 Å². The molecule has 28 heavy (non-hydrogen) atoms. The normalized spacial score (nSPS) is 16.0. The molecule has 4 nitrogen and oxygen atoms in total. The summed E-state index contributed by atoms with van der Waals surface area (Å²) < 4.78 is 0. The van der Waals surface area contributed by atoms with E-state index in [0.29, 0.717) is 5.96 Å². The molecule has 4 heteroatoms. The zero-order valence-electron chi connectivity index (χ0n) is 15.7. The summed E-state index contributed by atoms with van der Waals surface area (Å²) in [4.78, 5) is 10.5. The van der Waals surface area contributed by atoms with E-state index >= 15 is 0 Å². The number of hydroxylamine groups is 1. The first kappa shape index (κ1) is 16.8. The van der Waals surface area contributed by atoms with Crippen molar-refractivity contribution in [2.45, 2.75) is 12.5 Å². The van der Waals surface area contributed by atoms with Gasteiger partial charge in [-0.3, -0.25) is 4.84 Å². The Morgan fingerprint density at radius 3 is 2.50 bits per heavy atom. The number of nitrogens with two attached hydrogens (primary N) is 1. The van der Waals surface area contributed by atoms with Gasteiger partial charge in [0, 0.05) is 5.39 Å². The summed E-state index contributed by atoms with van der Waals surface area (Å²) in [5.41, 5.74) is 9.88. The predicted molar refractivity (Wildman–Crippen MR) is 115 cm³/mol. The molecule has 0 saturated carbocycles. The third-order valence-electron chi connectivity index (χ3n) is 5.46. The summed E-state index contributed by atoms with van der Waals surface area (Å²) in [6.45, 7) is 0. The first-order valence-corrected chi connectivity index (χ1v) is 9.42. The Balaban J connectivity index is 1.56. The quantitative estimate of drug-likeness (QED) is 0.316. The zero-order valence-corrected chi connectivity index (χ0v) is 15.7. The minimum absolute atomic E-state index is 0.00581. The van der Waals surface area contributed by atoms with Crippen LogP contribution < -0.4 is 10.8 Å². The van der Waals surface area contributed by atoms with Crippen LogP contribution >= 0.6 is 0 Å². The van der Waals surface area contributed by atoms with Gasteiger partial charge in [-0.25, -0.2) is 4.99 Å². The molecule has 0 aliphatic heterocycles. The van der Waals surface area contributed by atoms with Gasteiger partial charge in [-0.05, 0) is 39.8 Å². The molecule has 138 valence electrons. The van der Waals surface area contributed by atoms with Crippen molar-refractivity contribution in [1.82, 2.24) is 0 Å². The number of fused-ring (bicyclic) bond motifs is 1. The number of rotatable bonds is 3. The number of aliphatic imine (C=N–C) groups is 1. The number of anilines is 1. The maximum Gasteiger partial charge on any atom is 0.221 e. The fourth-order valence-corrected chi connectivity index (χ4v) is 4.24. The van der Waals surface area contributed by atoms with Gasteiger partial charge in [-0.1, -0.05) is 72.8 Å². The van der Waals surface area contributed by atoms with Crippen LogP contribution in [0.2, 0.25) is 0 Å². The SMILES string of the molecule is CON(C(N)=NC1Cc2cccc3cccc1c23)c1cccc2ccccc12. The van der Waals surface area contributed by atoms with Crippen LogP contribution in [0.25, 0.3) is 21.5 Å². The van der Waals surface area contributed by atoms with E-state index in [9.17, 15) is 0 Å². The molecule has 4 aromatic carbocycles. The van der Waals surface area contributed by atoms with Gasteiger partial charge in [0.15, 0.2) is 0 Å². The highest BCUT2D eigenvalue weighted by molar-refractivity contribution is 6.03. The molecule has 0 heterocycles. The fraction of sp³-hybridized carbons (Fsp3) is 0.125. The lowest BCUT2D eigenvalue weighted by molar-refractivity contribution is 0.209. The van der Waals surface area contributed by atoms with Crippen LogP contribution in [0.4, 0.5) is 5.69 Å². The Morgan fingerprint density at radius 2 is 1.64 bits per heavy atom. The Morgan fingerprint density at radius 1 is 0.929 bits per heavy atom. The molecule has 0 amide bonds. The fourth-order valence-electron chi connectivity index (χ4n) is 4.24. The van der Waals surface area contributed by atoms with Gasteiger partial charge in [0.1, 0.15) is 0 Å². The van der Waals surface area contributed by atoms with Crippen LogP contribution in [0.15, 0.2) is 83.9 Å². The number of benzene rings is 4. The van der Waals surface area contributed by atoms with Crippen LogP contribution in [0.3, 0.4) is 0 Å². The average Bonchev–Trinajstić information content (AvgIpc) is 3.08. The summed E-state index contributed by atoms with van der Waals surface area (Å²) >= 11 is 0. The molecular formula is C24H21N3O. The Hall–Kier alpha value is -3.37. The van der Waals surface area contributed by atoms with Gasteiger partial charge in [0.25, 0.3) is 0 Å². The van der Waals surface area contributed by atoms with E-state index in [1.54, 1.807) is 12.2 Å².